The minimum atomic E-state index is -0.273. The molecule has 0 atom stereocenters. The monoisotopic (exact) mass is 357 g/mol. The van der Waals surface area contributed by atoms with Gasteiger partial charge in [0.25, 0.3) is 5.91 Å². The number of nitrogens with one attached hydrogen (secondary N) is 2. The summed E-state index contributed by atoms with van der Waals surface area (Å²) in [6, 6.07) is 4.92. The molecular formula is C12H12IN3O2. The number of imidazole rings is 1. The van der Waals surface area contributed by atoms with E-state index in [4.69, 9.17) is 0 Å². The van der Waals surface area contributed by atoms with Crippen LogP contribution in [0, 0.1) is 3.57 Å². The van der Waals surface area contributed by atoms with Crippen LogP contribution >= 0.6 is 22.6 Å². The van der Waals surface area contributed by atoms with Crippen LogP contribution in [0.1, 0.15) is 16.1 Å². The molecule has 1 amide bonds. The predicted octanol–water partition coefficient (Wildman–Crippen LogP) is 1.69. The smallest absolute Gasteiger partial charge is 0.255 e. The van der Waals surface area contributed by atoms with Crippen LogP contribution in [0.15, 0.2) is 30.7 Å². The molecular weight excluding hydrogens is 345 g/mol. The third-order valence-corrected chi connectivity index (χ3v) is 3.11. The summed E-state index contributed by atoms with van der Waals surface area (Å²) in [7, 11) is 0. The number of hydrogen-bond donors (Lipinski definition) is 3. The lowest BCUT2D eigenvalue weighted by molar-refractivity contribution is 0.0951. The van der Waals surface area contributed by atoms with Gasteiger partial charge in [0.05, 0.1) is 11.9 Å². The molecule has 2 rings (SSSR count). The average molecular weight is 357 g/mol. The first-order chi connectivity index (χ1) is 8.66. The summed E-state index contributed by atoms with van der Waals surface area (Å²) in [5, 5.41) is 12.4. The maximum Gasteiger partial charge on any atom is 0.255 e. The summed E-state index contributed by atoms with van der Waals surface area (Å²) in [6.45, 7) is 0.492. The van der Waals surface area contributed by atoms with Gasteiger partial charge in [-0.3, -0.25) is 4.79 Å². The maximum absolute atomic E-state index is 11.8. The van der Waals surface area contributed by atoms with E-state index >= 15 is 0 Å². The Morgan fingerprint density at radius 3 is 3.06 bits per heavy atom. The van der Waals surface area contributed by atoms with Gasteiger partial charge in [-0.15, -0.1) is 0 Å². The molecule has 0 spiro atoms. The number of rotatable bonds is 4. The van der Waals surface area contributed by atoms with Crippen LogP contribution in [-0.4, -0.2) is 27.5 Å². The molecule has 6 heteroatoms. The lowest BCUT2D eigenvalue weighted by Crippen LogP contribution is -2.25. The number of halogens is 1. The van der Waals surface area contributed by atoms with Crippen LogP contribution < -0.4 is 5.32 Å². The number of nitrogens with zero attached hydrogens (tertiary/aromatic N) is 1. The van der Waals surface area contributed by atoms with Crippen LogP contribution in [0.4, 0.5) is 0 Å². The van der Waals surface area contributed by atoms with Gasteiger partial charge in [-0.2, -0.15) is 0 Å². The number of phenolic OH excluding ortho intramolecular Hbond substituents is 1. The first-order valence-electron chi connectivity index (χ1n) is 5.41. The van der Waals surface area contributed by atoms with Gasteiger partial charge in [0.1, 0.15) is 5.75 Å². The Labute approximate surface area is 118 Å². The van der Waals surface area contributed by atoms with Crippen molar-refractivity contribution in [2.45, 2.75) is 6.42 Å². The number of amides is 1. The third-order valence-electron chi connectivity index (χ3n) is 2.44. The van der Waals surface area contributed by atoms with Gasteiger partial charge in [0, 0.05) is 28.4 Å². The van der Waals surface area contributed by atoms with Gasteiger partial charge in [-0.05, 0) is 40.8 Å². The Morgan fingerprint density at radius 2 is 2.33 bits per heavy atom. The van der Waals surface area contributed by atoms with Crippen molar-refractivity contribution in [3.05, 3.63) is 45.6 Å². The first-order valence-corrected chi connectivity index (χ1v) is 6.48. The summed E-state index contributed by atoms with van der Waals surface area (Å²) in [4.78, 5) is 18.7. The molecule has 0 bridgehead atoms. The highest BCUT2D eigenvalue weighted by Crippen LogP contribution is 2.19. The molecule has 0 aliphatic carbocycles. The van der Waals surface area contributed by atoms with E-state index in [0.29, 0.717) is 18.5 Å². The van der Waals surface area contributed by atoms with E-state index in [2.05, 4.69) is 37.9 Å². The van der Waals surface area contributed by atoms with Gasteiger partial charge in [0.15, 0.2) is 0 Å². The lowest BCUT2D eigenvalue weighted by atomic mass is 10.2. The molecule has 18 heavy (non-hydrogen) atoms. The number of benzene rings is 1. The Bertz CT molecular complexity index is 540. The zero-order valence-electron chi connectivity index (χ0n) is 9.48. The number of H-pyrrole nitrogens is 1. The fourth-order valence-corrected chi connectivity index (χ4v) is 2.01. The van der Waals surface area contributed by atoms with Crippen molar-refractivity contribution in [1.82, 2.24) is 15.3 Å². The highest BCUT2D eigenvalue weighted by Gasteiger charge is 2.10. The van der Waals surface area contributed by atoms with Crippen LogP contribution in [-0.2, 0) is 6.42 Å². The standard InChI is InChI=1S/C12H12IN3O2/c13-8-1-2-11(17)10(5-8)12(18)15-4-3-9-6-14-7-16-9/h1-2,5-7,17H,3-4H2,(H,14,16)(H,15,18). The molecule has 0 unspecified atom stereocenters. The Balaban J connectivity index is 1.93. The van der Waals surface area contributed by atoms with Gasteiger partial charge in [-0.25, -0.2) is 4.98 Å². The molecule has 3 N–H and O–H groups in total. The SMILES string of the molecule is O=C(NCCc1cnc[nH]1)c1cc(I)ccc1O. The Morgan fingerprint density at radius 1 is 1.50 bits per heavy atom. The first kappa shape index (κ1) is 12.9. The number of aromatic amines is 1. The fraction of sp³-hybridized carbons (Fsp3) is 0.167. The van der Waals surface area contributed by atoms with E-state index in [-0.39, 0.29) is 11.7 Å². The molecule has 0 saturated heterocycles. The van der Waals surface area contributed by atoms with E-state index in [1.807, 2.05) is 0 Å². The second kappa shape index (κ2) is 5.85. The number of phenols is 1. The van der Waals surface area contributed by atoms with Crippen molar-refractivity contribution in [1.29, 1.82) is 0 Å². The van der Waals surface area contributed by atoms with Crippen molar-refractivity contribution < 1.29 is 9.90 Å². The van der Waals surface area contributed by atoms with E-state index < -0.39 is 0 Å². The zero-order chi connectivity index (χ0) is 13.0. The molecule has 5 nitrogen and oxygen atoms in total. The summed E-state index contributed by atoms with van der Waals surface area (Å²) in [6.07, 6.45) is 3.99. The molecule has 1 aromatic heterocycles. The zero-order valence-corrected chi connectivity index (χ0v) is 11.6. The normalized spacial score (nSPS) is 10.3. The second-order valence-electron chi connectivity index (χ2n) is 3.74. The minimum absolute atomic E-state index is 0.00513. The highest BCUT2D eigenvalue weighted by molar-refractivity contribution is 14.1. The van der Waals surface area contributed by atoms with Crippen LogP contribution in [0.3, 0.4) is 0 Å². The number of aromatic hydroxyl groups is 1. The molecule has 0 aliphatic rings. The maximum atomic E-state index is 11.8. The Hall–Kier alpha value is -1.57. The van der Waals surface area contributed by atoms with E-state index in [1.165, 1.54) is 6.07 Å². The molecule has 0 radical (unpaired) electrons. The molecule has 0 aliphatic heterocycles. The molecule has 94 valence electrons. The molecule has 1 heterocycles. The largest absolute Gasteiger partial charge is 0.507 e. The van der Waals surface area contributed by atoms with E-state index in [0.717, 1.165) is 9.26 Å². The highest BCUT2D eigenvalue weighted by atomic mass is 127. The average Bonchev–Trinajstić information content (AvgIpc) is 2.85. The number of carbonyl (C=O) groups excluding carboxylic acids is 1. The van der Waals surface area contributed by atoms with Gasteiger partial charge >= 0.3 is 0 Å². The van der Waals surface area contributed by atoms with Crippen molar-refractivity contribution in [3.8, 4) is 5.75 Å². The summed E-state index contributed by atoms with van der Waals surface area (Å²) >= 11 is 2.10. The molecule has 1 aromatic carbocycles. The second-order valence-corrected chi connectivity index (χ2v) is 4.99. The fourth-order valence-electron chi connectivity index (χ4n) is 1.52. The summed E-state index contributed by atoms with van der Waals surface area (Å²) < 4.78 is 0.907. The minimum Gasteiger partial charge on any atom is -0.507 e. The quantitative estimate of drug-likeness (QED) is 0.729. The van der Waals surface area contributed by atoms with Crippen molar-refractivity contribution in [3.63, 3.8) is 0 Å². The lowest BCUT2D eigenvalue weighted by Gasteiger charge is -2.06. The number of hydrogen-bond acceptors (Lipinski definition) is 3. The van der Waals surface area contributed by atoms with Crippen LogP contribution in [0.2, 0.25) is 0 Å². The molecule has 0 saturated carbocycles. The number of aromatic nitrogens is 2. The van der Waals surface area contributed by atoms with Crippen LogP contribution in [0.25, 0.3) is 0 Å². The van der Waals surface area contributed by atoms with Gasteiger partial charge < -0.3 is 15.4 Å². The van der Waals surface area contributed by atoms with E-state index in [9.17, 15) is 9.90 Å². The van der Waals surface area contributed by atoms with Crippen molar-refractivity contribution >= 4 is 28.5 Å². The predicted molar refractivity (Wildman–Crippen MR) is 75.4 cm³/mol. The van der Waals surface area contributed by atoms with Crippen molar-refractivity contribution in [2.24, 2.45) is 0 Å². The van der Waals surface area contributed by atoms with Crippen molar-refractivity contribution in [2.75, 3.05) is 6.54 Å². The summed E-state index contributed by atoms with van der Waals surface area (Å²) in [5.41, 5.74) is 1.26. The van der Waals surface area contributed by atoms with Gasteiger partial charge in [0.2, 0.25) is 0 Å². The molecule has 2 aromatic rings. The van der Waals surface area contributed by atoms with E-state index in [1.54, 1.807) is 24.7 Å². The summed E-state index contributed by atoms with van der Waals surface area (Å²) in [5.74, 6) is -0.278. The number of carbonyl (C=O) groups is 1. The van der Waals surface area contributed by atoms with Gasteiger partial charge in [-0.1, -0.05) is 0 Å². The molecule has 0 fully saturated rings. The third kappa shape index (κ3) is 3.22. The Kier molecular flexibility index (Phi) is 4.19. The van der Waals surface area contributed by atoms with Crippen LogP contribution in [0.5, 0.6) is 5.75 Å². The topological polar surface area (TPSA) is 78.0 Å².